The molecule has 0 saturated carbocycles. The quantitative estimate of drug-likeness (QED) is 0.483. The summed E-state index contributed by atoms with van der Waals surface area (Å²) in [5, 5.41) is 3.94. The summed E-state index contributed by atoms with van der Waals surface area (Å²) >= 11 is 6.01. The van der Waals surface area contributed by atoms with Gasteiger partial charge in [0.25, 0.3) is 0 Å². The second-order valence-corrected chi connectivity index (χ2v) is 9.93. The van der Waals surface area contributed by atoms with E-state index >= 15 is 0 Å². The van der Waals surface area contributed by atoms with Gasteiger partial charge < -0.3 is 20.0 Å². The van der Waals surface area contributed by atoms with E-state index in [0.717, 1.165) is 75.7 Å². The summed E-state index contributed by atoms with van der Waals surface area (Å²) < 4.78 is 38.1. The van der Waals surface area contributed by atoms with Gasteiger partial charge in [-0.05, 0) is 75.2 Å². The van der Waals surface area contributed by atoms with Gasteiger partial charge in [-0.1, -0.05) is 19.0 Å². The highest BCUT2D eigenvalue weighted by Crippen LogP contribution is 2.29. The predicted molar refractivity (Wildman–Crippen MR) is 143 cm³/mol. The number of carbonyl (C=O) groups is 1. The predicted octanol–water partition coefficient (Wildman–Crippen LogP) is 5.79. The van der Waals surface area contributed by atoms with Crippen LogP contribution in [0.1, 0.15) is 45.1 Å². The molecule has 2 fully saturated rings. The van der Waals surface area contributed by atoms with Crippen molar-refractivity contribution in [1.29, 1.82) is 0 Å². The van der Waals surface area contributed by atoms with Gasteiger partial charge in [-0.3, -0.25) is 4.79 Å². The van der Waals surface area contributed by atoms with Crippen LogP contribution >= 0.6 is 11.6 Å². The van der Waals surface area contributed by atoms with Gasteiger partial charge in [0.1, 0.15) is 5.82 Å². The van der Waals surface area contributed by atoms with Crippen LogP contribution in [0.25, 0.3) is 0 Å². The molecule has 37 heavy (non-hydrogen) atoms. The number of anilines is 2. The zero-order valence-electron chi connectivity index (χ0n) is 20.3. The third kappa shape index (κ3) is 8.50. The minimum atomic E-state index is -4.39. The Morgan fingerprint density at radius 2 is 1.73 bits per heavy atom. The van der Waals surface area contributed by atoms with E-state index < -0.39 is 11.7 Å². The molecule has 6 nitrogen and oxygen atoms in total. The lowest BCUT2D eigenvalue weighted by molar-refractivity contribution is -0.137. The van der Waals surface area contributed by atoms with Crippen LogP contribution in [-0.4, -0.2) is 72.5 Å². The first kappa shape index (κ1) is 29.0. The lowest BCUT2D eigenvalue weighted by atomic mass is 10.0. The summed E-state index contributed by atoms with van der Waals surface area (Å²) in [6.45, 7) is 6.21. The van der Waals surface area contributed by atoms with Gasteiger partial charge >= 0.3 is 6.18 Å². The molecular formula is C27H37ClF3N5O. The number of carbonyl (C=O) groups excluding carboxylic acids is 1. The molecular weight excluding hydrogens is 503 g/mol. The van der Waals surface area contributed by atoms with E-state index in [1.165, 1.54) is 11.8 Å². The number of amides is 1. The van der Waals surface area contributed by atoms with Gasteiger partial charge in [-0.25, -0.2) is 4.98 Å². The molecule has 204 valence electrons. The summed E-state index contributed by atoms with van der Waals surface area (Å²) in [5.41, 5.74) is 0.441. The largest absolute Gasteiger partial charge is 0.417 e. The van der Waals surface area contributed by atoms with Gasteiger partial charge in [0.2, 0.25) is 5.91 Å². The van der Waals surface area contributed by atoms with Crippen LogP contribution in [0.5, 0.6) is 0 Å². The SMILES string of the molecule is C.O=C(CCCN1CCCN(c2ccc(Cl)cc2)CC1)N1CCC(Nc2ccc(C(F)(F)F)cn2)CC1. The Hall–Kier alpha value is -2.52. The van der Waals surface area contributed by atoms with Crippen molar-refractivity contribution in [2.75, 3.05) is 56.0 Å². The topological polar surface area (TPSA) is 51.7 Å². The number of piperidine rings is 1. The third-order valence-corrected chi connectivity index (χ3v) is 7.19. The van der Waals surface area contributed by atoms with Crippen molar-refractivity contribution in [3.63, 3.8) is 0 Å². The summed E-state index contributed by atoms with van der Waals surface area (Å²) in [5.74, 6) is 0.610. The number of hydrogen-bond donors (Lipinski definition) is 1. The molecule has 4 rings (SSSR count). The molecule has 1 aromatic carbocycles. The van der Waals surface area contributed by atoms with Crippen molar-refractivity contribution < 1.29 is 18.0 Å². The van der Waals surface area contributed by atoms with Gasteiger partial charge in [0, 0.05) is 62.1 Å². The number of likely N-dealkylation sites (tertiary alicyclic amines) is 1. The van der Waals surface area contributed by atoms with Crippen molar-refractivity contribution in [2.24, 2.45) is 0 Å². The molecule has 2 saturated heterocycles. The highest BCUT2D eigenvalue weighted by Gasteiger charge is 2.31. The van der Waals surface area contributed by atoms with E-state index in [9.17, 15) is 18.0 Å². The minimum absolute atomic E-state index is 0. The average molecular weight is 540 g/mol. The van der Waals surface area contributed by atoms with Crippen molar-refractivity contribution in [1.82, 2.24) is 14.8 Å². The molecule has 10 heteroatoms. The number of benzene rings is 1. The molecule has 0 aliphatic carbocycles. The summed E-state index contributed by atoms with van der Waals surface area (Å²) in [7, 11) is 0. The first-order valence-electron chi connectivity index (χ1n) is 12.6. The number of pyridine rings is 1. The Morgan fingerprint density at radius 3 is 2.38 bits per heavy atom. The fraction of sp³-hybridized carbons (Fsp3) is 0.556. The summed E-state index contributed by atoms with van der Waals surface area (Å²) in [6.07, 6.45) is 0.430. The van der Waals surface area contributed by atoms with E-state index in [1.807, 2.05) is 17.0 Å². The van der Waals surface area contributed by atoms with Gasteiger partial charge in [-0.15, -0.1) is 0 Å². The van der Waals surface area contributed by atoms with E-state index in [4.69, 9.17) is 11.6 Å². The van der Waals surface area contributed by atoms with E-state index in [0.29, 0.717) is 25.3 Å². The second-order valence-electron chi connectivity index (χ2n) is 9.49. The van der Waals surface area contributed by atoms with E-state index in [1.54, 1.807) is 0 Å². The monoisotopic (exact) mass is 539 g/mol. The van der Waals surface area contributed by atoms with Crippen molar-refractivity contribution >= 4 is 29.0 Å². The number of alkyl halides is 3. The van der Waals surface area contributed by atoms with Gasteiger partial charge in [0.05, 0.1) is 5.56 Å². The third-order valence-electron chi connectivity index (χ3n) is 6.94. The lowest BCUT2D eigenvalue weighted by Gasteiger charge is -2.33. The standard InChI is InChI=1S/C26H33ClF3N5O.CH4/c27-21-5-7-23(8-6-21)34-14-2-13-33(17-18-34)12-1-3-25(36)35-15-10-22(11-16-35)32-24-9-4-20(19-31-24)26(28,29)30;/h4-9,19,22H,1-3,10-18H2,(H,31,32);1H4. The molecule has 0 radical (unpaired) electrons. The molecule has 0 unspecified atom stereocenters. The molecule has 0 atom stereocenters. The maximum Gasteiger partial charge on any atom is 0.417 e. The number of halogens is 4. The minimum Gasteiger partial charge on any atom is -0.370 e. The van der Waals surface area contributed by atoms with Crippen LogP contribution in [0, 0.1) is 0 Å². The van der Waals surface area contributed by atoms with Crippen LogP contribution < -0.4 is 10.2 Å². The zero-order chi connectivity index (χ0) is 25.5. The van der Waals surface area contributed by atoms with Crippen molar-refractivity contribution in [3.8, 4) is 0 Å². The Kier molecular flexibility index (Phi) is 10.5. The van der Waals surface area contributed by atoms with Crippen molar-refractivity contribution in [2.45, 2.75) is 51.7 Å². The second kappa shape index (κ2) is 13.3. The van der Waals surface area contributed by atoms with Gasteiger partial charge in [-0.2, -0.15) is 13.2 Å². The molecule has 2 aromatic rings. The van der Waals surface area contributed by atoms with Crippen LogP contribution in [-0.2, 0) is 11.0 Å². The van der Waals surface area contributed by atoms with Crippen LogP contribution in [0.4, 0.5) is 24.7 Å². The normalized spacial score (nSPS) is 17.7. The molecule has 3 heterocycles. The maximum atomic E-state index is 12.7. The number of nitrogens with one attached hydrogen (secondary N) is 1. The molecule has 1 aromatic heterocycles. The van der Waals surface area contributed by atoms with Gasteiger partial charge in [0.15, 0.2) is 0 Å². The Morgan fingerprint density at radius 1 is 1.00 bits per heavy atom. The Labute approximate surface area is 222 Å². The fourth-order valence-corrected chi connectivity index (χ4v) is 4.97. The molecule has 2 aliphatic rings. The van der Waals surface area contributed by atoms with E-state index in [2.05, 4.69) is 32.2 Å². The first-order valence-corrected chi connectivity index (χ1v) is 13.0. The Bertz CT molecular complexity index is 979. The fourth-order valence-electron chi connectivity index (χ4n) is 4.85. The molecule has 2 aliphatic heterocycles. The number of aromatic nitrogens is 1. The van der Waals surface area contributed by atoms with Crippen LogP contribution in [0.2, 0.25) is 5.02 Å². The summed E-state index contributed by atoms with van der Waals surface area (Å²) in [6, 6.07) is 10.5. The smallest absolute Gasteiger partial charge is 0.370 e. The first-order chi connectivity index (χ1) is 17.3. The van der Waals surface area contributed by atoms with Crippen LogP contribution in [0.3, 0.4) is 0 Å². The van der Waals surface area contributed by atoms with E-state index in [-0.39, 0.29) is 19.4 Å². The molecule has 1 amide bonds. The zero-order valence-corrected chi connectivity index (χ0v) is 21.1. The Balaban J connectivity index is 0.00000380. The molecule has 0 bridgehead atoms. The number of nitrogens with zero attached hydrogens (tertiary/aromatic N) is 4. The molecule has 1 N–H and O–H groups in total. The van der Waals surface area contributed by atoms with Crippen molar-refractivity contribution in [3.05, 3.63) is 53.2 Å². The average Bonchev–Trinajstić information content (AvgIpc) is 3.10. The highest BCUT2D eigenvalue weighted by molar-refractivity contribution is 6.30. The number of hydrogen-bond acceptors (Lipinski definition) is 5. The highest BCUT2D eigenvalue weighted by atomic mass is 35.5. The number of rotatable bonds is 7. The lowest BCUT2D eigenvalue weighted by Crippen LogP contribution is -2.42. The maximum absolute atomic E-state index is 12.7. The molecule has 0 spiro atoms. The summed E-state index contributed by atoms with van der Waals surface area (Å²) in [4.78, 5) is 23.3. The van der Waals surface area contributed by atoms with Crippen LogP contribution in [0.15, 0.2) is 42.6 Å².